The Morgan fingerprint density at radius 3 is 2.58 bits per heavy atom. The molecule has 0 spiro atoms. The molecule has 2 aromatic heterocycles. The SMILES string of the molecule is CCOC(=O)c1c(CSC(C)C)nc2sc3c(c2c1-c1ccc(OC)c(OC)c1)CCN(Cc1ccccc1)C3. The number of thiophene rings is 1. The largest absolute Gasteiger partial charge is 0.493 e. The highest BCUT2D eigenvalue weighted by Crippen LogP contribution is 2.45. The zero-order valence-electron chi connectivity index (χ0n) is 23.8. The minimum absolute atomic E-state index is 0.301. The molecule has 0 amide bonds. The Labute approximate surface area is 244 Å². The van der Waals surface area contributed by atoms with Gasteiger partial charge >= 0.3 is 5.97 Å². The third kappa shape index (κ3) is 5.85. The van der Waals surface area contributed by atoms with Gasteiger partial charge in [0.05, 0.1) is 32.1 Å². The van der Waals surface area contributed by atoms with Gasteiger partial charge in [0, 0.05) is 41.2 Å². The Hall–Kier alpha value is -3.07. The first-order valence-corrected chi connectivity index (χ1v) is 15.5. The van der Waals surface area contributed by atoms with Crippen LogP contribution in [-0.2, 0) is 30.0 Å². The monoisotopic (exact) mass is 576 g/mol. The number of esters is 1. The Bertz CT molecular complexity index is 1500. The van der Waals surface area contributed by atoms with Gasteiger partial charge in [0.2, 0.25) is 0 Å². The molecule has 0 saturated heterocycles. The van der Waals surface area contributed by atoms with Gasteiger partial charge in [0.15, 0.2) is 11.5 Å². The van der Waals surface area contributed by atoms with Crippen molar-refractivity contribution in [3.8, 4) is 22.6 Å². The van der Waals surface area contributed by atoms with Crippen LogP contribution in [0.15, 0.2) is 48.5 Å². The van der Waals surface area contributed by atoms with Crippen LogP contribution in [0, 0.1) is 0 Å². The van der Waals surface area contributed by atoms with E-state index in [1.54, 1.807) is 37.3 Å². The van der Waals surface area contributed by atoms with Gasteiger partial charge in [-0.1, -0.05) is 50.2 Å². The van der Waals surface area contributed by atoms with Crippen molar-refractivity contribution in [3.63, 3.8) is 0 Å². The van der Waals surface area contributed by atoms with E-state index in [9.17, 15) is 4.79 Å². The van der Waals surface area contributed by atoms with Gasteiger partial charge in [-0.05, 0) is 47.4 Å². The predicted molar refractivity (Wildman–Crippen MR) is 165 cm³/mol. The lowest BCUT2D eigenvalue weighted by Gasteiger charge is -2.27. The second-order valence-electron chi connectivity index (χ2n) is 10.1. The van der Waals surface area contributed by atoms with Crippen LogP contribution in [0.3, 0.4) is 0 Å². The van der Waals surface area contributed by atoms with E-state index < -0.39 is 0 Å². The number of nitrogens with zero attached hydrogens (tertiary/aromatic N) is 2. The number of hydrogen-bond donors (Lipinski definition) is 0. The Morgan fingerprint density at radius 1 is 1.10 bits per heavy atom. The average Bonchev–Trinajstić information content (AvgIpc) is 3.32. The highest BCUT2D eigenvalue weighted by atomic mass is 32.2. The lowest BCUT2D eigenvalue weighted by Crippen LogP contribution is -2.29. The van der Waals surface area contributed by atoms with Crippen LogP contribution in [0.4, 0.5) is 0 Å². The van der Waals surface area contributed by atoms with E-state index >= 15 is 0 Å². The summed E-state index contributed by atoms with van der Waals surface area (Å²) in [5, 5.41) is 1.47. The third-order valence-corrected chi connectivity index (χ3v) is 9.31. The first-order chi connectivity index (χ1) is 19.4. The minimum atomic E-state index is -0.331. The molecule has 210 valence electrons. The smallest absolute Gasteiger partial charge is 0.340 e. The summed E-state index contributed by atoms with van der Waals surface area (Å²) in [5.74, 6) is 1.57. The average molecular weight is 577 g/mol. The molecule has 0 aliphatic carbocycles. The highest BCUT2D eigenvalue weighted by Gasteiger charge is 2.30. The number of pyridine rings is 1. The number of benzene rings is 2. The van der Waals surface area contributed by atoms with Crippen molar-refractivity contribution in [2.75, 3.05) is 27.4 Å². The number of carbonyl (C=O) groups is 1. The molecule has 0 bridgehead atoms. The Morgan fingerprint density at radius 2 is 1.88 bits per heavy atom. The zero-order chi connectivity index (χ0) is 28.2. The highest BCUT2D eigenvalue weighted by molar-refractivity contribution is 7.99. The number of ether oxygens (including phenoxy) is 3. The minimum Gasteiger partial charge on any atom is -0.493 e. The molecule has 1 aliphatic heterocycles. The normalized spacial score (nSPS) is 13.4. The van der Waals surface area contributed by atoms with Crippen LogP contribution in [0.2, 0.25) is 0 Å². The molecule has 3 heterocycles. The molecule has 5 rings (SSSR count). The van der Waals surface area contributed by atoms with Crippen LogP contribution in [0.1, 0.15) is 52.8 Å². The third-order valence-electron chi connectivity index (χ3n) is 7.10. The van der Waals surface area contributed by atoms with Crippen LogP contribution in [-0.4, -0.2) is 48.5 Å². The van der Waals surface area contributed by atoms with Crippen molar-refractivity contribution in [1.29, 1.82) is 0 Å². The van der Waals surface area contributed by atoms with Gasteiger partial charge in [-0.15, -0.1) is 11.3 Å². The molecule has 6 nitrogen and oxygen atoms in total. The fraction of sp³-hybridized carbons (Fsp3) is 0.375. The molecule has 0 atom stereocenters. The van der Waals surface area contributed by atoms with E-state index in [1.807, 2.05) is 25.1 Å². The molecule has 0 unspecified atom stereocenters. The maximum Gasteiger partial charge on any atom is 0.340 e. The van der Waals surface area contributed by atoms with E-state index in [1.165, 1.54) is 16.0 Å². The first kappa shape index (κ1) is 28.5. The molecule has 4 aromatic rings. The number of fused-ring (bicyclic) bond motifs is 3. The fourth-order valence-corrected chi connectivity index (χ4v) is 7.25. The molecule has 2 aromatic carbocycles. The maximum atomic E-state index is 13.6. The van der Waals surface area contributed by atoms with Crippen molar-refractivity contribution in [1.82, 2.24) is 9.88 Å². The summed E-state index contributed by atoms with van der Waals surface area (Å²) in [6, 6.07) is 16.5. The molecular weight excluding hydrogens is 540 g/mol. The number of carbonyl (C=O) groups excluding carboxylic acids is 1. The van der Waals surface area contributed by atoms with Crippen LogP contribution < -0.4 is 9.47 Å². The van der Waals surface area contributed by atoms with Gasteiger partial charge in [-0.25, -0.2) is 9.78 Å². The summed E-state index contributed by atoms with van der Waals surface area (Å²) in [6.07, 6.45) is 0.895. The molecule has 40 heavy (non-hydrogen) atoms. The van der Waals surface area contributed by atoms with Crippen LogP contribution in [0.25, 0.3) is 21.3 Å². The van der Waals surface area contributed by atoms with E-state index in [-0.39, 0.29) is 5.97 Å². The van der Waals surface area contributed by atoms with Gasteiger partial charge in [0.1, 0.15) is 4.83 Å². The molecule has 0 fully saturated rings. The van der Waals surface area contributed by atoms with Crippen LogP contribution in [0.5, 0.6) is 11.5 Å². The number of thioether (sulfide) groups is 1. The van der Waals surface area contributed by atoms with E-state index in [0.29, 0.717) is 34.7 Å². The molecular formula is C32H36N2O4S2. The number of aromatic nitrogens is 1. The molecule has 8 heteroatoms. The van der Waals surface area contributed by atoms with Crippen LogP contribution >= 0.6 is 23.1 Å². The number of hydrogen-bond acceptors (Lipinski definition) is 8. The van der Waals surface area contributed by atoms with E-state index in [0.717, 1.165) is 53.1 Å². The van der Waals surface area contributed by atoms with Gasteiger partial charge in [-0.2, -0.15) is 11.8 Å². The van der Waals surface area contributed by atoms with E-state index in [2.05, 4.69) is 49.1 Å². The standard InChI is InChI=1S/C32H36N2O4S2/c1-6-38-32(35)30-24(19-39-20(2)3)33-31-29(28(30)22-12-13-25(36-4)26(16-22)37-5)23-14-15-34(18-27(23)40-31)17-21-10-8-7-9-11-21/h7-13,16,20H,6,14-15,17-19H2,1-5H3. The predicted octanol–water partition coefficient (Wildman–Crippen LogP) is 7.36. The molecule has 0 saturated carbocycles. The second-order valence-corrected chi connectivity index (χ2v) is 12.7. The number of rotatable bonds is 10. The quantitative estimate of drug-likeness (QED) is 0.183. The van der Waals surface area contributed by atoms with Crippen molar-refractivity contribution in [2.45, 2.75) is 51.3 Å². The summed E-state index contributed by atoms with van der Waals surface area (Å²) in [6.45, 7) is 9.18. The van der Waals surface area contributed by atoms with Crippen molar-refractivity contribution in [3.05, 3.63) is 75.8 Å². The van der Waals surface area contributed by atoms with Gasteiger partial charge in [-0.3, -0.25) is 4.90 Å². The summed E-state index contributed by atoms with van der Waals surface area (Å²) >= 11 is 3.53. The topological polar surface area (TPSA) is 60.9 Å². The summed E-state index contributed by atoms with van der Waals surface area (Å²) in [5.41, 5.74) is 5.72. The molecule has 0 N–H and O–H groups in total. The van der Waals surface area contributed by atoms with Crippen molar-refractivity contribution >= 4 is 39.3 Å². The summed E-state index contributed by atoms with van der Waals surface area (Å²) < 4.78 is 16.8. The Kier molecular flexibility index (Phi) is 8.98. The summed E-state index contributed by atoms with van der Waals surface area (Å²) in [4.78, 5) is 23.6. The van der Waals surface area contributed by atoms with Crippen molar-refractivity contribution < 1.29 is 19.0 Å². The molecule has 0 radical (unpaired) electrons. The lowest BCUT2D eigenvalue weighted by atomic mass is 9.91. The first-order valence-electron chi connectivity index (χ1n) is 13.7. The molecule has 1 aliphatic rings. The maximum absolute atomic E-state index is 13.6. The number of methoxy groups -OCH3 is 2. The fourth-order valence-electron chi connectivity index (χ4n) is 5.26. The van der Waals surface area contributed by atoms with Crippen molar-refractivity contribution in [2.24, 2.45) is 0 Å². The summed E-state index contributed by atoms with van der Waals surface area (Å²) in [7, 11) is 3.26. The Balaban J connectivity index is 1.70. The lowest BCUT2D eigenvalue weighted by molar-refractivity contribution is 0.0526. The second kappa shape index (κ2) is 12.6. The van der Waals surface area contributed by atoms with Gasteiger partial charge < -0.3 is 14.2 Å². The zero-order valence-corrected chi connectivity index (χ0v) is 25.4. The van der Waals surface area contributed by atoms with E-state index in [4.69, 9.17) is 19.2 Å². The van der Waals surface area contributed by atoms with Gasteiger partial charge in [0.25, 0.3) is 0 Å².